The molecule has 166 valence electrons. The average molecular weight is 465 g/mol. The standard InChI is InChI=1S/C22H25ClN2O5S/c1-13-9-14(2)21(15(3)10-13)19(26)11-30-20(27)6-5-18-16(4)24-25(22(18)23)17-7-8-31(28,29)12-17/h5-6,9-10,17H,7-8,11-12H2,1-4H3/b6-5+. The highest BCUT2D eigenvalue weighted by atomic mass is 35.5. The van der Waals surface area contributed by atoms with Crippen LogP contribution in [0, 0.1) is 27.7 Å². The first kappa shape index (κ1) is 23.2. The topological polar surface area (TPSA) is 95.3 Å². The van der Waals surface area contributed by atoms with Gasteiger partial charge in [0.2, 0.25) is 5.78 Å². The molecule has 2 aromatic rings. The van der Waals surface area contributed by atoms with Crippen LogP contribution >= 0.6 is 11.6 Å². The lowest BCUT2D eigenvalue weighted by Gasteiger charge is -2.10. The smallest absolute Gasteiger partial charge is 0.331 e. The normalized spacial score (nSPS) is 17.9. The van der Waals surface area contributed by atoms with Gasteiger partial charge in [-0.25, -0.2) is 17.9 Å². The fourth-order valence-electron chi connectivity index (χ4n) is 3.96. The number of hydrogen-bond donors (Lipinski definition) is 0. The molecule has 3 rings (SSSR count). The molecule has 0 N–H and O–H groups in total. The van der Waals surface area contributed by atoms with Gasteiger partial charge >= 0.3 is 5.97 Å². The minimum Gasteiger partial charge on any atom is -0.454 e. The molecule has 0 radical (unpaired) electrons. The summed E-state index contributed by atoms with van der Waals surface area (Å²) in [6.07, 6.45) is 3.11. The fraction of sp³-hybridized carbons (Fsp3) is 0.409. The van der Waals surface area contributed by atoms with Crippen molar-refractivity contribution in [2.45, 2.75) is 40.2 Å². The third-order valence-electron chi connectivity index (χ3n) is 5.31. The molecule has 7 nitrogen and oxygen atoms in total. The van der Waals surface area contributed by atoms with Crippen LogP contribution in [0.15, 0.2) is 18.2 Å². The summed E-state index contributed by atoms with van der Waals surface area (Å²) in [5.41, 5.74) is 4.40. The number of carbonyl (C=O) groups is 2. The molecule has 1 saturated heterocycles. The van der Waals surface area contributed by atoms with Gasteiger partial charge < -0.3 is 4.74 Å². The van der Waals surface area contributed by atoms with Gasteiger partial charge in [-0.3, -0.25) is 4.79 Å². The molecule has 1 atom stereocenters. The van der Waals surface area contributed by atoms with E-state index >= 15 is 0 Å². The summed E-state index contributed by atoms with van der Waals surface area (Å²) in [7, 11) is -3.08. The quantitative estimate of drug-likeness (QED) is 0.368. The second-order valence-electron chi connectivity index (χ2n) is 7.93. The molecule has 1 unspecified atom stereocenters. The van der Waals surface area contributed by atoms with Crippen molar-refractivity contribution in [2.24, 2.45) is 0 Å². The van der Waals surface area contributed by atoms with Gasteiger partial charge in [0.05, 0.1) is 23.2 Å². The van der Waals surface area contributed by atoms with Gasteiger partial charge in [0, 0.05) is 17.2 Å². The van der Waals surface area contributed by atoms with Crippen LogP contribution in [-0.4, -0.2) is 48.1 Å². The van der Waals surface area contributed by atoms with E-state index in [1.54, 1.807) is 6.92 Å². The number of Topliss-reactive ketones (excluding diaryl/α,β-unsaturated/α-hetero) is 1. The Hall–Kier alpha value is -2.45. The zero-order chi connectivity index (χ0) is 22.9. The van der Waals surface area contributed by atoms with Crippen molar-refractivity contribution in [1.82, 2.24) is 9.78 Å². The molecule has 0 bridgehead atoms. The number of rotatable bonds is 6. The molecular weight excluding hydrogens is 440 g/mol. The molecule has 2 heterocycles. The van der Waals surface area contributed by atoms with Crippen LogP contribution in [0.3, 0.4) is 0 Å². The molecule has 1 fully saturated rings. The Balaban J connectivity index is 1.66. The predicted octanol–water partition coefficient (Wildman–Crippen LogP) is 3.57. The van der Waals surface area contributed by atoms with Gasteiger partial charge in [0.1, 0.15) is 5.15 Å². The molecule has 1 aromatic heterocycles. The molecule has 1 aliphatic rings. The van der Waals surface area contributed by atoms with Crippen LogP contribution < -0.4 is 0 Å². The lowest BCUT2D eigenvalue weighted by molar-refractivity contribution is -0.136. The Morgan fingerprint density at radius 1 is 1.23 bits per heavy atom. The van der Waals surface area contributed by atoms with Crippen molar-refractivity contribution < 1.29 is 22.7 Å². The first-order chi connectivity index (χ1) is 14.5. The maximum atomic E-state index is 12.5. The van der Waals surface area contributed by atoms with Gasteiger partial charge in [0.15, 0.2) is 16.4 Å². The third kappa shape index (κ3) is 5.25. The predicted molar refractivity (Wildman–Crippen MR) is 119 cm³/mol. The number of aromatic nitrogens is 2. The van der Waals surface area contributed by atoms with Crippen molar-refractivity contribution in [2.75, 3.05) is 18.1 Å². The molecule has 0 aliphatic carbocycles. The summed E-state index contributed by atoms with van der Waals surface area (Å²) in [4.78, 5) is 24.6. The lowest BCUT2D eigenvalue weighted by Crippen LogP contribution is -2.15. The van der Waals surface area contributed by atoms with Crippen molar-refractivity contribution in [1.29, 1.82) is 0 Å². The highest BCUT2D eigenvalue weighted by Gasteiger charge is 2.31. The fourth-order valence-corrected chi connectivity index (χ4v) is 6.03. The molecule has 1 aliphatic heterocycles. The number of aryl methyl sites for hydroxylation is 4. The number of benzene rings is 1. The Kier molecular flexibility index (Phi) is 6.71. The van der Waals surface area contributed by atoms with Crippen LogP contribution in [0.4, 0.5) is 0 Å². The molecular formula is C22H25ClN2O5S. The van der Waals surface area contributed by atoms with Gasteiger partial charge in [-0.1, -0.05) is 29.3 Å². The van der Waals surface area contributed by atoms with E-state index in [0.717, 1.165) is 16.7 Å². The van der Waals surface area contributed by atoms with Crippen LogP contribution in [0.25, 0.3) is 6.08 Å². The van der Waals surface area contributed by atoms with Gasteiger partial charge in [-0.15, -0.1) is 0 Å². The van der Waals surface area contributed by atoms with E-state index in [4.69, 9.17) is 16.3 Å². The first-order valence-corrected chi connectivity index (χ1v) is 12.1. The summed E-state index contributed by atoms with van der Waals surface area (Å²) in [5, 5.41) is 4.61. The summed E-state index contributed by atoms with van der Waals surface area (Å²) >= 11 is 6.39. The van der Waals surface area contributed by atoms with Crippen LogP contribution in [-0.2, 0) is 19.4 Å². The Labute approximate surface area is 187 Å². The molecule has 1 aromatic carbocycles. The van der Waals surface area contributed by atoms with Crippen LogP contribution in [0.5, 0.6) is 0 Å². The SMILES string of the molecule is Cc1cc(C)c(C(=O)COC(=O)/C=C/c2c(C)nn(C3CCS(=O)(=O)C3)c2Cl)c(C)c1. The Morgan fingerprint density at radius 2 is 1.87 bits per heavy atom. The zero-order valence-corrected chi connectivity index (χ0v) is 19.5. The average Bonchev–Trinajstić information content (AvgIpc) is 3.16. The summed E-state index contributed by atoms with van der Waals surface area (Å²) in [6.45, 7) is 7.03. The number of ether oxygens (including phenoxy) is 1. The van der Waals surface area contributed by atoms with E-state index in [0.29, 0.717) is 23.2 Å². The van der Waals surface area contributed by atoms with E-state index in [2.05, 4.69) is 5.10 Å². The number of nitrogens with zero attached hydrogens (tertiary/aromatic N) is 2. The maximum absolute atomic E-state index is 12.5. The van der Waals surface area contributed by atoms with Crippen molar-refractivity contribution in [3.63, 3.8) is 0 Å². The molecule has 0 saturated carbocycles. The van der Waals surface area contributed by atoms with Gasteiger partial charge in [0.25, 0.3) is 0 Å². The largest absolute Gasteiger partial charge is 0.454 e. The second-order valence-corrected chi connectivity index (χ2v) is 10.5. The second kappa shape index (κ2) is 8.96. The van der Waals surface area contributed by atoms with Crippen molar-refractivity contribution in [3.05, 3.63) is 56.9 Å². The number of ketones is 1. The maximum Gasteiger partial charge on any atom is 0.331 e. The molecule has 0 amide bonds. The van der Waals surface area contributed by atoms with E-state index in [1.807, 2.05) is 32.9 Å². The van der Waals surface area contributed by atoms with E-state index in [9.17, 15) is 18.0 Å². The van der Waals surface area contributed by atoms with Gasteiger partial charge in [-0.2, -0.15) is 5.10 Å². The minimum absolute atomic E-state index is 0.00100. The van der Waals surface area contributed by atoms with Crippen molar-refractivity contribution in [3.8, 4) is 0 Å². The first-order valence-electron chi connectivity index (χ1n) is 9.89. The summed E-state index contributed by atoms with van der Waals surface area (Å²) in [6, 6.07) is 3.52. The van der Waals surface area contributed by atoms with E-state index < -0.39 is 15.8 Å². The highest BCUT2D eigenvalue weighted by Crippen LogP contribution is 2.30. The zero-order valence-electron chi connectivity index (χ0n) is 17.9. The van der Waals surface area contributed by atoms with Gasteiger partial charge in [-0.05, 0) is 51.3 Å². The highest BCUT2D eigenvalue weighted by molar-refractivity contribution is 7.91. The number of halogens is 1. The Bertz CT molecular complexity index is 1160. The number of sulfone groups is 1. The lowest BCUT2D eigenvalue weighted by atomic mass is 9.97. The third-order valence-corrected chi connectivity index (χ3v) is 7.44. The molecule has 9 heteroatoms. The minimum atomic E-state index is -3.08. The number of esters is 1. The molecule has 0 spiro atoms. The van der Waals surface area contributed by atoms with Crippen LogP contribution in [0.1, 0.15) is 50.8 Å². The van der Waals surface area contributed by atoms with Crippen molar-refractivity contribution >= 4 is 39.3 Å². The molecule has 31 heavy (non-hydrogen) atoms. The van der Waals surface area contributed by atoms with E-state index in [-0.39, 0.29) is 35.1 Å². The van der Waals surface area contributed by atoms with Crippen LogP contribution in [0.2, 0.25) is 5.15 Å². The summed E-state index contributed by atoms with van der Waals surface area (Å²) in [5.74, 6) is -0.833. The summed E-state index contributed by atoms with van der Waals surface area (Å²) < 4.78 is 30.1. The number of carbonyl (C=O) groups excluding carboxylic acids is 2. The monoisotopic (exact) mass is 464 g/mol. The van der Waals surface area contributed by atoms with E-state index in [1.165, 1.54) is 16.8 Å². The number of hydrogen-bond acceptors (Lipinski definition) is 6. The Morgan fingerprint density at radius 3 is 2.45 bits per heavy atom.